The van der Waals surface area contributed by atoms with E-state index in [1.165, 1.54) is 17.9 Å². The van der Waals surface area contributed by atoms with Crippen LogP contribution in [0.25, 0.3) is 0 Å². The zero-order chi connectivity index (χ0) is 11.4. The first-order chi connectivity index (χ1) is 7.77. The normalized spacial score (nSPS) is 10.5. The lowest BCUT2D eigenvalue weighted by Gasteiger charge is -2.01. The molecule has 0 bridgehead atoms. The summed E-state index contributed by atoms with van der Waals surface area (Å²) in [6, 6.07) is 3.49. The second-order valence-electron chi connectivity index (χ2n) is 3.30. The van der Waals surface area contributed by atoms with Crippen LogP contribution >= 0.6 is 11.3 Å². The van der Waals surface area contributed by atoms with E-state index in [4.69, 9.17) is 9.52 Å². The summed E-state index contributed by atoms with van der Waals surface area (Å²) in [4.78, 5) is 10.8. The van der Waals surface area contributed by atoms with E-state index in [9.17, 15) is 4.79 Å². The average Bonchev–Trinajstić information content (AvgIpc) is 2.87. The molecule has 2 N–H and O–H groups in total. The number of rotatable bonds is 5. The minimum atomic E-state index is -0.957. The molecule has 0 aromatic carbocycles. The second-order valence-corrected chi connectivity index (χ2v) is 4.08. The molecule has 0 atom stereocenters. The summed E-state index contributed by atoms with van der Waals surface area (Å²) >= 11 is 1.64. The number of hydrogen-bond donors (Lipinski definition) is 2. The third-order valence-corrected chi connectivity index (χ3v) is 2.90. The Hall–Kier alpha value is -1.59. The van der Waals surface area contributed by atoms with Crippen LogP contribution in [0.15, 0.2) is 33.6 Å². The Morgan fingerprint density at radius 3 is 3.00 bits per heavy atom. The van der Waals surface area contributed by atoms with E-state index in [-0.39, 0.29) is 5.56 Å². The van der Waals surface area contributed by atoms with Crippen molar-refractivity contribution in [1.29, 1.82) is 0 Å². The highest BCUT2D eigenvalue weighted by Gasteiger charge is 2.12. The first kappa shape index (κ1) is 10.9. The molecule has 0 amide bonds. The minimum Gasteiger partial charge on any atom is -0.478 e. The van der Waals surface area contributed by atoms with Gasteiger partial charge in [-0.05, 0) is 28.5 Å². The van der Waals surface area contributed by atoms with Crippen molar-refractivity contribution in [2.45, 2.75) is 13.1 Å². The van der Waals surface area contributed by atoms with Gasteiger partial charge >= 0.3 is 5.97 Å². The van der Waals surface area contributed by atoms with Crippen LogP contribution in [0.1, 0.15) is 21.7 Å². The Morgan fingerprint density at radius 2 is 2.31 bits per heavy atom. The number of thiophene rings is 1. The SMILES string of the molecule is O=C(O)c1ccoc1CNCc1ccsc1. The summed E-state index contributed by atoms with van der Waals surface area (Å²) in [7, 11) is 0. The van der Waals surface area contributed by atoms with Crippen molar-refractivity contribution in [3.05, 3.63) is 46.0 Å². The Morgan fingerprint density at radius 1 is 1.44 bits per heavy atom. The molecular formula is C11H11NO3S. The van der Waals surface area contributed by atoms with Crippen LogP contribution in [0.3, 0.4) is 0 Å². The van der Waals surface area contributed by atoms with Gasteiger partial charge in [-0.15, -0.1) is 0 Å². The lowest BCUT2D eigenvalue weighted by atomic mass is 10.2. The largest absolute Gasteiger partial charge is 0.478 e. The molecule has 0 spiro atoms. The zero-order valence-electron chi connectivity index (χ0n) is 8.47. The summed E-state index contributed by atoms with van der Waals surface area (Å²) in [5, 5.41) is 16.0. The van der Waals surface area contributed by atoms with Crippen molar-refractivity contribution in [3.8, 4) is 0 Å². The molecule has 2 rings (SSSR count). The molecule has 0 unspecified atom stereocenters. The molecule has 0 saturated heterocycles. The van der Waals surface area contributed by atoms with Crippen LogP contribution < -0.4 is 5.32 Å². The maximum atomic E-state index is 10.8. The van der Waals surface area contributed by atoms with Gasteiger partial charge in [0.1, 0.15) is 11.3 Å². The van der Waals surface area contributed by atoms with E-state index in [1.807, 2.05) is 16.8 Å². The molecular weight excluding hydrogens is 226 g/mol. The van der Waals surface area contributed by atoms with Gasteiger partial charge in [-0.1, -0.05) is 0 Å². The lowest BCUT2D eigenvalue weighted by Crippen LogP contribution is -2.13. The molecule has 0 aliphatic heterocycles. The van der Waals surface area contributed by atoms with Crippen LogP contribution in [0.2, 0.25) is 0 Å². The van der Waals surface area contributed by atoms with Crippen molar-refractivity contribution >= 4 is 17.3 Å². The summed E-state index contributed by atoms with van der Waals surface area (Å²) in [5.74, 6) is -0.496. The molecule has 5 heteroatoms. The van der Waals surface area contributed by atoms with Crippen LogP contribution in [0.5, 0.6) is 0 Å². The Kier molecular flexibility index (Phi) is 3.38. The zero-order valence-corrected chi connectivity index (χ0v) is 9.29. The maximum absolute atomic E-state index is 10.8. The van der Waals surface area contributed by atoms with Crippen molar-refractivity contribution in [2.24, 2.45) is 0 Å². The van der Waals surface area contributed by atoms with Crippen molar-refractivity contribution < 1.29 is 14.3 Å². The summed E-state index contributed by atoms with van der Waals surface area (Å²) in [6.07, 6.45) is 1.39. The molecule has 0 saturated carbocycles. The number of hydrogen-bond acceptors (Lipinski definition) is 4. The van der Waals surface area contributed by atoms with Gasteiger partial charge in [-0.25, -0.2) is 4.79 Å². The number of carboxylic acids is 1. The van der Waals surface area contributed by atoms with E-state index < -0.39 is 5.97 Å². The highest BCUT2D eigenvalue weighted by molar-refractivity contribution is 7.07. The number of nitrogens with one attached hydrogen (secondary N) is 1. The highest BCUT2D eigenvalue weighted by Crippen LogP contribution is 2.11. The second kappa shape index (κ2) is 4.96. The smallest absolute Gasteiger partial charge is 0.339 e. The van der Waals surface area contributed by atoms with E-state index in [1.54, 1.807) is 11.3 Å². The van der Waals surface area contributed by atoms with Crippen LogP contribution in [-0.4, -0.2) is 11.1 Å². The summed E-state index contributed by atoms with van der Waals surface area (Å²) in [5.41, 5.74) is 1.41. The molecule has 0 aliphatic carbocycles. The molecule has 0 aliphatic rings. The topological polar surface area (TPSA) is 62.5 Å². The fraction of sp³-hybridized carbons (Fsp3) is 0.182. The molecule has 16 heavy (non-hydrogen) atoms. The van der Waals surface area contributed by atoms with Crippen LogP contribution in [0, 0.1) is 0 Å². The molecule has 0 fully saturated rings. The predicted molar refractivity (Wildman–Crippen MR) is 60.5 cm³/mol. The monoisotopic (exact) mass is 237 g/mol. The molecule has 2 heterocycles. The van der Waals surface area contributed by atoms with Crippen molar-refractivity contribution in [3.63, 3.8) is 0 Å². The van der Waals surface area contributed by atoms with Gasteiger partial charge in [0.05, 0.1) is 12.8 Å². The Bertz CT molecular complexity index is 461. The number of carboxylic acid groups (broad SMARTS) is 1. The highest BCUT2D eigenvalue weighted by atomic mass is 32.1. The molecule has 84 valence electrons. The van der Waals surface area contributed by atoms with Crippen LogP contribution in [0.4, 0.5) is 0 Å². The number of aromatic carboxylic acids is 1. The predicted octanol–water partition coefficient (Wildman–Crippen LogP) is 2.33. The lowest BCUT2D eigenvalue weighted by molar-refractivity contribution is 0.0694. The Labute approximate surface area is 96.5 Å². The number of furan rings is 1. The van der Waals surface area contributed by atoms with Gasteiger partial charge in [0.25, 0.3) is 0 Å². The van der Waals surface area contributed by atoms with E-state index in [0.717, 1.165) is 0 Å². The minimum absolute atomic E-state index is 0.220. The standard InChI is InChI=1S/C11H11NO3S/c13-11(14)9-1-3-15-10(9)6-12-5-8-2-4-16-7-8/h1-4,7,12H,5-6H2,(H,13,14). The van der Waals surface area contributed by atoms with Gasteiger partial charge in [-0.3, -0.25) is 0 Å². The van der Waals surface area contributed by atoms with Gasteiger partial charge in [0.2, 0.25) is 0 Å². The Balaban J connectivity index is 1.90. The van der Waals surface area contributed by atoms with Gasteiger partial charge in [0.15, 0.2) is 0 Å². The average molecular weight is 237 g/mol. The van der Waals surface area contributed by atoms with Crippen molar-refractivity contribution in [1.82, 2.24) is 5.32 Å². The number of carbonyl (C=O) groups is 1. The fourth-order valence-corrected chi connectivity index (χ4v) is 2.05. The first-order valence-corrected chi connectivity index (χ1v) is 5.73. The van der Waals surface area contributed by atoms with Crippen molar-refractivity contribution in [2.75, 3.05) is 0 Å². The quantitative estimate of drug-likeness (QED) is 0.837. The fourth-order valence-electron chi connectivity index (χ4n) is 1.38. The maximum Gasteiger partial charge on any atom is 0.339 e. The van der Waals surface area contributed by atoms with E-state index >= 15 is 0 Å². The van der Waals surface area contributed by atoms with Gasteiger partial charge in [0, 0.05) is 6.54 Å². The van der Waals surface area contributed by atoms with E-state index in [2.05, 4.69) is 5.32 Å². The molecule has 4 nitrogen and oxygen atoms in total. The van der Waals surface area contributed by atoms with Gasteiger partial charge in [-0.2, -0.15) is 11.3 Å². The third kappa shape index (κ3) is 2.50. The molecule has 2 aromatic rings. The molecule has 0 radical (unpaired) electrons. The summed E-state index contributed by atoms with van der Waals surface area (Å²) in [6.45, 7) is 1.13. The van der Waals surface area contributed by atoms with Gasteiger partial charge < -0.3 is 14.8 Å². The third-order valence-electron chi connectivity index (χ3n) is 2.17. The van der Waals surface area contributed by atoms with E-state index in [0.29, 0.717) is 18.8 Å². The first-order valence-electron chi connectivity index (χ1n) is 4.79. The molecule has 2 aromatic heterocycles. The summed E-state index contributed by atoms with van der Waals surface area (Å²) < 4.78 is 5.10. The van der Waals surface area contributed by atoms with Crippen LogP contribution in [-0.2, 0) is 13.1 Å².